The van der Waals surface area contributed by atoms with Crippen molar-refractivity contribution in [1.29, 1.82) is 10.5 Å². The second kappa shape index (κ2) is 7.78. The van der Waals surface area contributed by atoms with E-state index >= 15 is 0 Å². The molecule has 0 aliphatic rings. The molecule has 3 aromatic rings. The van der Waals surface area contributed by atoms with E-state index in [4.69, 9.17) is 5.73 Å². The second-order valence-electron chi connectivity index (χ2n) is 5.62. The number of nitrogens with two attached hydrogens (primary N) is 1. The minimum atomic E-state index is -0.786. The van der Waals surface area contributed by atoms with Gasteiger partial charge in [-0.05, 0) is 10.8 Å². The number of nitrogen functional groups attached to an aromatic ring is 1. The molecule has 0 aliphatic carbocycles. The average molecular weight is 393 g/mol. The number of aromatic amines is 1. The van der Waals surface area contributed by atoms with Gasteiger partial charge >= 0.3 is 11.3 Å². The van der Waals surface area contributed by atoms with Gasteiger partial charge in [-0.3, -0.25) is 9.32 Å². The summed E-state index contributed by atoms with van der Waals surface area (Å²) in [7, 11) is 1.47. The van der Waals surface area contributed by atoms with E-state index in [2.05, 4.69) is 20.8 Å². The number of ketones is 1. The first-order valence-corrected chi connectivity index (χ1v) is 8.89. The van der Waals surface area contributed by atoms with Crippen LogP contribution in [-0.4, -0.2) is 21.8 Å². The summed E-state index contributed by atoms with van der Waals surface area (Å²) in [5, 5.41) is 21.7. The minimum Gasteiger partial charge on any atom is -0.383 e. The summed E-state index contributed by atoms with van der Waals surface area (Å²) < 4.78 is 5.74. The summed E-state index contributed by atoms with van der Waals surface area (Å²) in [5.41, 5.74) is 6.21. The number of anilines is 1. The quantitative estimate of drug-likeness (QED) is 0.372. The van der Waals surface area contributed by atoms with Gasteiger partial charge in [0, 0.05) is 5.56 Å². The van der Waals surface area contributed by atoms with Crippen LogP contribution in [0.15, 0.2) is 44.7 Å². The third-order valence-electron chi connectivity index (χ3n) is 3.89. The number of nitrogens with one attached hydrogen (secondary N) is 1. The van der Waals surface area contributed by atoms with Gasteiger partial charge < -0.3 is 5.73 Å². The molecule has 28 heavy (non-hydrogen) atoms. The number of aromatic nitrogens is 3. The lowest BCUT2D eigenvalue weighted by molar-refractivity contribution is -0.741. The van der Waals surface area contributed by atoms with Crippen LogP contribution < -0.4 is 16.0 Å². The molecule has 0 radical (unpaired) electrons. The summed E-state index contributed by atoms with van der Waals surface area (Å²) in [5.74, 6) is -0.711. The number of hydrogen-bond donors (Lipinski definition) is 2. The Balaban J connectivity index is 2.04. The van der Waals surface area contributed by atoms with Crippen molar-refractivity contribution in [3.63, 3.8) is 0 Å². The van der Waals surface area contributed by atoms with Gasteiger partial charge in [0.1, 0.15) is 28.5 Å². The number of Topliss-reactive ketones (excluding diaryl/α,β-unsaturated/α-hetero) is 1. The van der Waals surface area contributed by atoms with Crippen molar-refractivity contribution in [1.82, 2.24) is 10.3 Å². The third-order valence-corrected chi connectivity index (χ3v) is 4.86. The lowest BCUT2D eigenvalue weighted by Gasteiger charge is -2.12. The molecule has 1 aromatic carbocycles. The van der Waals surface area contributed by atoms with E-state index in [0.29, 0.717) is 11.1 Å². The maximum absolute atomic E-state index is 12.4. The highest BCUT2D eigenvalue weighted by Crippen LogP contribution is 2.35. The van der Waals surface area contributed by atoms with Gasteiger partial charge in [0.15, 0.2) is 7.05 Å². The van der Waals surface area contributed by atoms with Gasteiger partial charge in [0.2, 0.25) is 5.78 Å². The Morgan fingerprint density at radius 1 is 1.29 bits per heavy atom. The molecule has 138 valence electrons. The topological polar surface area (TPSA) is 153 Å². The van der Waals surface area contributed by atoms with E-state index in [1.165, 1.54) is 11.7 Å². The molecule has 0 fully saturated rings. The molecular weight excluding hydrogens is 380 g/mol. The first kappa shape index (κ1) is 18.9. The van der Waals surface area contributed by atoms with Crippen molar-refractivity contribution in [2.75, 3.05) is 11.5 Å². The van der Waals surface area contributed by atoms with Crippen molar-refractivity contribution in [3.8, 4) is 23.3 Å². The van der Waals surface area contributed by atoms with E-state index in [0.717, 1.165) is 11.8 Å². The van der Waals surface area contributed by atoms with Gasteiger partial charge in [-0.2, -0.15) is 10.5 Å². The molecule has 9 nitrogen and oxygen atoms in total. The van der Waals surface area contributed by atoms with Crippen molar-refractivity contribution in [2.45, 2.75) is 5.03 Å². The Morgan fingerprint density at radius 3 is 2.54 bits per heavy atom. The highest BCUT2D eigenvalue weighted by Gasteiger charge is 2.27. The molecule has 0 saturated heterocycles. The summed E-state index contributed by atoms with van der Waals surface area (Å²) in [6.45, 7) is 0. The van der Waals surface area contributed by atoms with Crippen molar-refractivity contribution < 1.29 is 14.0 Å². The van der Waals surface area contributed by atoms with Crippen LogP contribution in [-0.2, 0) is 7.05 Å². The Hall–Kier alpha value is -3.89. The molecule has 0 amide bonds. The number of rotatable bonds is 5. The van der Waals surface area contributed by atoms with Crippen LogP contribution in [0.3, 0.4) is 0 Å². The van der Waals surface area contributed by atoms with Gasteiger partial charge in [-0.15, -0.1) is 0 Å². The maximum Gasteiger partial charge on any atom is 0.438 e. The highest BCUT2D eigenvalue weighted by atomic mass is 32.2. The van der Waals surface area contributed by atoms with E-state index in [9.17, 15) is 20.1 Å². The SMILES string of the molecule is C[n+]1[nH]oc(=O)c1C(=O)CSc1nc(N)c(C#N)c(-c2ccccc2)c1C#N. The number of hydrogen-bond acceptors (Lipinski definition) is 8. The summed E-state index contributed by atoms with van der Waals surface area (Å²) >= 11 is 0.957. The van der Waals surface area contributed by atoms with Gasteiger partial charge in [-0.25, -0.2) is 9.78 Å². The Bertz CT molecular complexity index is 1200. The van der Waals surface area contributed by atoms with Crippen LogP contribution in [0.2, 0.25) is 0 Å². The molecule has 3 rings (SSSR count). The fourth-order valence-corrected chi connectivity index (χ4v) is 3.50. The standard InChI is InChI=1S/C18H12N6O3S/c1-24-15(18(26)27-23-24)13(25)9-28-17-12(8-20)14(10-5-3-2-4-6-10)11(7-19)16(21)22-17/h2-6H,9H2,1H3,(H2-,21,22,23,25,26)/p+1. The molecule has 0 spiro atoms. The van der Waals surface area contributed by atoms with Crippen LogP contribution in [0, 0.1) is 22.7 Å². The van der Waals surface area contributed by atoms with E-state index in [1.807, 2.05) is 12.1 Å². The number of aryl methyl sites for hydroxylation is 1. The van der Waals surface area contributed by atoms with Crippen LogP contribution >= 0.6 is 11.8 Å². The lowest BCUT2D eigenvalue weighted by Crippen LogP contribution is -2.39. The number of carbonyl (C=O) groups is 1. The lowest BCUT2D eigenvalue weighted by atomic mass is 9.97. The number of benzene rings is 1. The molecule has 0 atom stereocenters. The Morgan fingerprint density at radius 2 is 1.96 bits per heavy atom. The van der Waals surface area contributed by atoms with E-state index in [1.54, 1.807) is 24.3 Å². The minimum absolute atomic E-state index is 0.0398. The number of thioether (sulfide) groups is 1. The summed E-state index contributed by atoms with van der Waals surface area (Å²) in [6.07, 6.45) is 0. The van der Waals surface area contributed by atoms with E-state index < -0.39 is 11.4 Å². The zero-order valence-electron chi connectivity index (χ0n) is 14.6. The molecule has 0 aliphatic heterocycles. The summed E-state index contributed by atoms with van der Waals surface area (Å²) in [4.78, 5) is 28.1. The van der Waals surface area contributed by atoms with Crippen LogP contribution in [0.1, 0.15) is 21.6 Å². The monoisotopic (exact) mass is 393 g/mol. The maximum atomic E-state index is 12.4. The van der Waals surface area contributed by atoms with Crippen LogP contribution in [0.25, 0.3) is 11.1 Å². The number of carbonyl (C=O) groups excluding carboxylic acids is 1. The fourth-order valence-electron chi connectivity index (χ4n) is 2.64. The normalized spacial score (nSPS) is 10.2. The highest BCUT2D eigenvalue weighted by molar-refractivity contribution is 8.00. The smallest absolute Gasteiger partial charge is 0.383 e. The molecule has 10 heteroatoms. The van der Waals surface area contributed by atoms with Crippen LogP contribution in [0.4, 0.5) is 5.82 Å². The molecule has 0 bridgehead atoms. The van der Waals surface area contributed by atoms with Gasteiger partial charge in [0.25, 0.3) is 0 Å². The average Bonchev–Trinajstić information content (AvgIpc) is 3.04. The van der Waals surface area contributed by atoms with Crippen molar-refractivity contribution in [2.24, 2.45) is 7.05 Å². The van der Waals surface area contributed by atoms with Gasteiger partial charge in [0.05, 0.1) is 11.3 Å². The number of nitriles is 2. The second-order valence-corrected chi connectivity index (χ2v) is 6.58. The first-order valence-electron chi connectivity index (χ1n) is 7.90. The summed E-state index contributed by atoms with van der Waals surface area (Å²) in [6, 6.07) is 12.9. The number of nitrogens with zero attached hydrogens (tertiary/aromatic N) is 4. The largest absolute Gasteiger partial charge is 0.438 e. The molecule has 2 heterocycles. The predicted octanol–water partition coefficient (Wildman–Crippen LogP) is 1.15. The molecule has 0 unspecified atom stereocenters. The van der Waals surface area contributed by atoms with E-state index in [-0.39, 0.29) is 33.4 Å². The molecule has 0 saturated carbocycles. The third kappa shape index (κ3) is 3.37. The van der Waals surface area contributed by atoms with Gasteiger partial charge in [-0.1, -0.05) is 46.8 Å². The number of pyridine rings is 1. The Kier molecular flexibility index (Phi) is 5.25. The Labute approximate surface area is 163 Å². The predicted molar refractivity (Wildman–Crippen MR) is 99.1 cm³/mol. The molecular formula is C18H13N6O3S+. The zero-order valence-corrected chi connectivity index (χ0v) is 15.4. The number of H-pyrrole nitrogens is 1. The van der Waals surface area contributed by atoms with Crippen molar-refractivity contribution >= 4 is 23.4 Å². The molecule has 3 N–H and O–H groups in total. The zero-order chi connectivity index (χ0) is 20.3. The van der Waals surface area contributed by atoms with Crippen LogP contribution in [0.5, 0.6) is 0 Å². The molecule has 2 aromatic heterocycles. The first-order chi connectivity index (χ1) is 13.5. The fraction of sp³-hybridized carbons (Fsp3) is 0.111. The van der Waals surface area contributed by atoms with Crippen molar-refractivity contribution in [3.05, 3.63) is 57.6 Å².